The van der Waals surface area contributed by atoms with Crippen molar-refractivity contribution in [1.82, 2.24) is 4.98 Å². The Morgan fingerprint density at radius 2 is 1.74 bits per heavy atom. The summed E-state index contributed by atoms with van der Waals surface area (Å²) in [5, 5.41) is 10.8. The lowest BCUT2D eigenvalue weighted by molar-refractivity contribution is 0.218. The summed E-state index contributed by atoms with van der Waals surface area (Å²) in [6.07, 6.45) is 2.63. The second-order valence-electron chi connectivity index (χ2n) is 7.31. The summed E-state index contributed by atoms with van der Waals surface area (Å²) in [7, 11) is 0. The maximum absolute atomic E-state index is 13.9. The minimum atomic E-state index is -1.51. The van der Waals surface area contributed by atoms with Crippen LogP contribution in [0.25, 0.3) is 23.1 Å². The minimum Gasteiger partial charge on any atom is -0.488 e. The number of fused-ring (bicyclic) bond motifs is 3. The topological polar surface area (TPSA) is 42.4 Å². The third-order valence-electron chi connectivity index (χ3n) is 5.36. The van der Waals surface area contributed by atoms with Gasteiger partial charge in [-0.15, -0.1) is 0 Å². The molecule has 154 valence electrons. The summed E-state index contributed by atoms with van der Waals surface area (Å²) >= 11 is 0. The van der Waals surface area contributed by atoms with Gasteiger partial charge in [0.1, 0.15) is 18.5 Å². The first-order valence-electron chi connectivity index (χ1n) is 9.66. The molecule has 3 aromatic carbocycles. The van der Waals surface area contributed by atoms with Crippen LogP contribution in [-0.4, -0.2) is 10.1 Å². The second-order valence-corrected chi connectivity index (χ2v) is 7.31. The molecule has 0 bridgehead atoms. The van der Waals surface area contributed by atoms with Gasteiger partial charge in [0.2, 0.25) is 0 Å². The molecule has 0 radical (unpaired) electrons. The van der Waals surface area contributed by atoms with E-state index in [1.807, 2.05) is 36.4 Å². The normalized spacial score (nSPS) is 15.4. The highest BCUT2D eigenvalue weighted by Crippen LogP contribution is 2.36. The Morgan fingerprint density at radius 1 is 0.903 bits per heavy atom. The molecule has 1 aromatic heterocycles. The standard InChI is InChI=1S/C25H16F3NO2/c26-20-12-21-18(23(27)24(20)28)9-8-16(29-21)7-5-14-6-10-22-19(11-14)25(30)17-4-2-1-3-15(17)13-31-22/h1-12,25,30H,13H2. The highest BCUT2D eigenvalue weighted by atomic mass is 19.2. The lowest BCUT2D eigenvalue weighted by atomic mass is 9.96. The minimum absolute atomic E-state index is 0.0286. The van der Waals surface area contributed by atoms with Crippen LogP contribution in [0.1, 0.15) is 34.1 Å². The lowest BCUT2D eigenvalue weighted by Gasteiger charge is -2.13. The maximum Gasteiger partial charge on any atom is 0.195 e. The highest BCUT2D eigenvalue weighted by Gasteiger charge is 2.22. The number of nitrogens with zero attached hydrogens (tertiary/aromatic N) is 1. The maximum atomic E-state index is 13.9. The zero-order chi connectivity index (χ0) is 21.5. The number of aliphatic hydroxyl groups is 1. The van der Waals surface area contributed by atoms with E-state index in [0.717, 1.165) is 22.8 Å². The Kier molecular flexibility index (Phi) is 4.71. The van der Waals surface area contributed by atoms with Crippen molar-refractivity contribution >= 4 is 23.1 Å². The summed E-state index contributed by atoms with van der Waals surface area (Å²) in [5.74, 6) is -3.43. The van der Waals surface area contributed by atoms with E-state index in [9.17, 15) is 18.3 Å². The fourth-order valence-electron chi connectivity index (χ4n) is 3.74. The zero-order valence-electron chi connectivity index (χ0n) is 16.1. The lowest BCUT2D eigenvalue weighted by Crippen LogP contribution is -2.01. The average molecular weight is 419 g/mol. The van der Waals surface area contributed by atoms with Crippen molar-refractivity contribution in [2.45, 2.75) is 12.7 Å². The molecule has 1 aliphatic heterocycles. The predicted octanol–water partition coefficient (Wildman–Crippen LogP) is 5.80. The smallest absolute Gasteiger partial charge is 0.195 e. The first-order chi connectivity index (χ1) is 15.0. The van der Waals surface area contributed by atoms with Crippen molar-refractivity contribution in [2.75, 3.05) is 0 Å². The Labute approximate surface area is 176 Å². The Morgan fingerprint density at radius 3 is 2.61 bits per heavy atom. The number of hydrogen-bond acceptors (Lipinski definition) is 3. The molecule has 0 saturated carbocycles. The summed E-state index contributed by atoms with van der Waals surface area (Å²) in [6, 6.07) is 16.8. The van der Waals surface area contributed by atoms with Gasteiger partial charge < -0.3 is 9.84 Å². The molecule has 1 atom stereocenters. The molecule has 4 aromatic rings. The molecule has 1 N–H and O–H groups in total. The van der Waals surface area contributed by atoms with Gasteiger partial charge in [-0.1, -0.05) is 36.4 Å². The zero-order valence-corrected chi connectivity index (χ0v) is 16.1. The van der Waals surface area contributed by atoms with Crippen LogP contribution in [0.4, 0.5) is 13.2 Å². The molecule has 0 aliphatic carbocycles. The molecule has 5 rings (SSSR count). The molecule has 1 aliphatic rings. The van der Waals surface area contributed by atoms with Gasteiger partial charge in [0.15, 0.2) is 17.5 Å². The molecule has 0 amide bonds. The Bertz CT molecular complexity index is 1350. The Hall–Kier alpha value is -3.64. The number of ether oxygens (including phenoxy) is 1. The van der Waals surface area contributed by atoms with Crippen molar-refractivity contribution in [3.63, 3.8) is 0 Å². The molecule has 31 heavy (non-hydrogen) atoms. The Balaban J connectivity index is 1.48. The number of benzene rings is 3. The summed E-state index contributed by atoms with van der Waals surface area (Å²) in [5.41, 5.74) is 3.66. The number of hydrogen-bond donors (Lipinski definition) is 1. The van der Waals surface area contributed by atoms with E-state index < -0.39 is 23.6 Å². The number of pyridine rings is 1. The molecule has 1 unspecified atom stereocenters. The predicted molar refractivity (Wildman–Crippen MR) is 112 cm³/mol. The number of rotatable bonds is 2. The monoisotopic (exact) mass is 419 g/mol. The van der Waals surface area contributed by atoms with Crippen LogP contribution in [0, 0.1) is 17.5 Å². The van der Waals surface area contributed by atoms with Crippen LogP contribution in [0.5, 0.6) is 5.75 Å². The molecular weight excluding hydrogens is 403 g/mol. The number of aromatic nitrogens is 1. The van der Waals surface area contributed by atoms with E-state index in [-0.39, 0.29) is 10.9 Å². The van der Waals surface area contributed by atoms with E-state index in [0.29, 0.717) is 23.6 Å². The largest absolute Gasteiger partial charge is 0.488 e. The third kappa shape index (κ3) is 3.45. The molecule has 3 nitrogen and oxygen atoms in total. The van der Waals surface area contributed by atoms with Crippen LogP contribution in [-0.2, 0) is 6.61 Å². The first-order valence-corrected chi connectivity index (χ1v) is 9.66. The van der Waals surface area contributed by atoms with Gasteiger partial charge in [0, 0.05) is 17.0 Å². The fourth-order valence-corrected chi connectivity index (χ4v) is 3.74. The quantitative estimate of drug-likeness (QED) is 0.418. The van der Waals surface area contributed by atoms with E-state index in [1.165, 1.54) is 12.1 Å². The SMILES string of the molecule is OC1c2ccccc2COc2ccc(C=Cc3ccc4c(F)c(F)c(F)cc4n3)cc21. The fraction of sp³-hybridized carbons (Fsp3) is 0.0800. The molecule has 2 heterocycles. The molecule has 0 fully saturated rings. The van der Waals surface area contributed by atoms with E-state index in [1.54, 1.807) is 18.2 Å². The van der Waals surface area contributed by atoms with Gasteiger partial charge >= 0.3 is 0 Å². The summed E-state index contributed by atoms with van der Waals surface area (Å²) in [4.78, 5) is 4.19. The number of halogens is 3. The van der Waals surface area contributed by atoms with E-state index in [2.05, 4.69) is 4.98 Å². The van der Waals surface area contributed by atoms with Gasteiger partial charge in [0.05, 0.1) is 11.2 Å². The van der Waals surface area contributed by atoms with Crippen molar-refractivity contribution in [3.8, 4) is 5.75 Å². The van der Waals surface area contributed by atoms with E-state index in [4.69, 9.17) is 4.74 Å². The molecular formula is C25H16F3NO2. The van der Waals surface area contributed by atoms with Gasteiger partial charge in [-0.2, -0.15) is 0 Å². The van der Waals surface area contributed by atoms with Crippen LogP contribution < -0.4 is 4.74 Å². The highest BCUT2D eigenvalue weighted by molar-refractivity contribution is 5.81. The molecule has 0 spiro atoms. The van der Waals surface area contributed by atoms with Crippen LogP contribution in [0.2, 0.25) is 0 Å². The third-order valence-corrected chi connectivity index (χ3v) is 5.36. The number of aliphatic hydroxyl groups excluding tert-OH is 1. The van der Waals surface area contributed by atoms with Gasteiger partial charge in [0.25, 0.3) is 0 Å². The molecule has 6 heteroatoms. The summed E-state index contributed by atoms with van der Waals surface area (Å²) in [6.45, 7) is 0.379. The first kappa shape index (κ1) is 19.3. The second kappa shape index (κ2) is 7.56. The van der Waals surface area contributed by atoms with Crippen LogP contribution in [0.15, 0.2) is 60.7 Å². The average Bonchev–Trinajstić information content (AvgIpc) is 2.93. The van der Waals surface area contributed by atoms with Gasteiger partial charge in [-0.3, -0.25) is 0 Å². The van der Waals surface area contributed by atoms with Gasteiger partial charge in [-0.25, -0.2) is 18.2 Å². The van der Waals surface area contributed by atoms with Crippen molar-refractivity contribution < 1.29 is 23.0 Å². The van der Waals surface area contributed by atoms with E-state index >= 15 is 0 Å². The van der Waals surface area contributed by atoms with Gasteiger partial charge in [-0.05, 0) is 47.0 Å². The van der Waals surface area contributed by atoms with Crippen LogP contribution >= 0.6 is 0 Å². The van der Waals surface area contributed by atoms with Crippen molar-refractivity contribution in [1.29, 1.82) is 0 Å². The van der Waals surface area contributed by atoms with Crippen LogP contribution in [0.3, 0.4) is 0 Å². The summed E-state index contributed by atoms with van der Waals surface area (Å²) < 4.78 is 46.6. The van der Waals surface area contributed by atoms with Crippen molar-refractivity contribution in [2.24, 2.45) is 0 Å². The van der Waals surface area contributed by atoms with Crippen molar-refractivity contribution in [3.05, 3.63) is 106 Å². The molecule has 0 saturated heterocycles.